The summed E-state index contributed by atoms with van der Waals surface area (Å²) >= 11 is 1.16. The first kappa shape index (κ1) is 14.6. The topological polar surface area (TPSA) is 120 Å². The van der Waals surface area contributed by atoms with E-state index in [0.29, 0.717) is 23.0 Å². The minimum absolute atomic E-state index is 0.193. The number of nitrogen functional groups attached to an aromatic ring is 1. The van der Waals surface area contributed by atoms with Gasteiger partial charge in [-0.15, -0.1) is 17.9 Å². The Bertz CT molecular complexity index is 682. The van der Waals surface area contributed by atoms with Crippen molar-refractivity contribution in [1.29, 1.82) is 5.26 Å². The monoisotopic (exact) mass is 302 g/mol. The smallest absolute Gasteiger partial charge is 0.263 e. The van der Waals surface area contributed by atoms with E-state index in [1.54, 1.807) is 18.5 Å². The number of rotatable bonds is 6. The summed E-state index contributed by atoms with van der Waals surface area (Å²) in [7, 11) is 0. The molecule has 0 aliphatic rings. The number of nitrogens with zero attached hydrogens (tertiary/aromatic N) is 2. The van der Waals surface area contributed by atoms with Crippen LogP contribution in [0.4, 0.5) is 10.7 Å². The molecule has 5 N–H and O–H groups in total. The second-order valence-electron chi connectivity index (χ2n) is 4.12. The summed E-state index contributed by atoms with van der Waals surface area (Å²) in [6.07, 6.45) is 4.99. The molecule has 0 aliphatic carbocycles. The molecule has 0 bridgehead atoms. The Balaban J connectivity index is 2.19. The number of carbonyl (C=O) groups is 1. The highest BCUT2D eigenvalue weighted by molar-refractivity contribution is 7.18. The molecule has 21 heavy (non-hydrogen) atoms. The van der Waals surface area contributed by atoms with Gasteiger partial charge in [-0.1, -0.05) is 6.08 Å². The lowest BCUT2D eigenvalue weighted by atomic mass is 10.2. The molecular weight excluding hydrogens is 288 g/mol. The van der Waals surface area contributed by atoms with Crippen LogP contribution in [0.2, 0.25) is 0 Å². The zero-order valence-electron chi connectivity index (χ0n) is 11.1. The van der Waals surface area contributed by atoms with Crippen LogP contribution in [0, 0.1) is 11.3 Å². The van der Waals surface area contributed by atoms with Crippen LogP contribution in [-0.2, 0) is 6.54 Å². The van der Waals surface area contributed by atoms with E-state index in [4.69, 9.17) is 5.73 Å². The van der Waals surface area contributed by atoms with Crippen molar-refractivity contribution in [3.05, 3.63) is 41.1 Å². The van der Waals surface area contributed by atoms with Crippen molar-refractivity contribution in [2.24, 2.45) is 0 Å². The maximum absolute atomic E-state index is 12.0. The number of hydrogen-bond acceptors (Lipinski definition) is 6. The molecule has 0 saturated heterocycles. The Kier molecular flexibility index (Phi) is 4.58. The molecule has 2 aromatic rings. The van der Waals surface area contributed by atoms with E-state index in [1.807, 2.05) is 6.07 Å². The number of thiophene rings is 1. The quantitative estimate of drug-likeness (QED) is 0.602. The summed E-state index contributed by atoms with van der Waals surface area (Å²) in [5.41, 5.74) is 7.29. The van der Waals surface area contributed by atoms with Crippen molar-refractivity contribution >= 4 is 27.9 Å². The maximum atomic E-state index is 12.0. The number of aromatic nitrogens is 2. The van der Waals surface area contributed by atoms with E-state index >= 15 is 0 Å². The number of amides is 1. The zero-order chi connectivity index (χ0) is 15.2. The minimum Gasteiger partial charge on any atom is -0.396 e. The van der Waals surface area contributed by atoms with Gasteiger partial charge in [-0.05, 0) is 0 Å². The molecule has 0 fully saturated rings. The predicted molar refractivity (Wildman–Crippen MR) is 81.9 cm³/mol. The molecule has 2 rings (SSSR count). The van der Waals surface area contributed by atoms with Crippen LogP contribution in [-0.4, -0.2) is 22.6 Å². The highest BCUT2D eigenvalue weighted by Gasteiger charge is 2.20. The molecule has 0 saturated carbocycles. The van der Waals surface area contributed by atoms with Crippen LogP contribution in [0.3, 0.4) is 0 Å². The lowest BCUT2D eigenvalue weighted by molar-refractivity contribution is 0.0963. The number of nitrogens with two attached hydrogens (primary N) is 1. The van der Waals surface area contributed by atoms with Crippen LogP contribution in [0.15, 0.2) is 25.0 Å². The summed E-state index contributed by atoms with van der Waals surface area (Å²) in [6, 6.07) is 2.02. The summed E-state index contributed by atoms with van der Waals surface area (Å²) in [5, 5.41) is 22.0. The number of aromatic amines is 1. The van der Waals surface area contributed by atoms with Gasteiger partial charge in [0.1, 0.15) is 21.5 Å². The third kappa shape index (κ3) is 3.21. The van der Waals surface area contributed by atoms with E-state index in [2.05, 4.69) is 27.4 Å². The molecule has 1 amide bonds. The molecule has 0 radical (unpaired) electrons. The number of carbonyl (C=O) groups excluding carboxylic acids is 1. The summed E-state index contributed by atoms with van der Waals surface area (Å²) < 4.78 is 0. The fraction of sp³-hybridized carbons (Fsp3) is 0.154. The Morgan fingerprint density at radius 2 is 2.48 bits per heavy atom. The van der Waals surface area contributed by atoms with Gasteiger partial charge in [-0.25, -0.2) is 0 Å². The van der Waals surface area contributed by atoms with Crippen molar-refractivity contribution in [2.75, 3.05) is 17.6 Å². The van der Waals surface area contributed by atoms with Crippen LogP contribution >= 0.6 is 11.3 Å². The average Bonchev–Trinajstić information content (AvgIpc) is 3.10. The first-order chi connectivity index (χ1) is 10.2. The van der Waals surface area contributed by atoms with E-state index in [-0.39, 0.29) is 17.2 Å². The first-order valence-corrected chi connectivity index (χ1v) is 6.92. The Morgan fingerprint density at radius 3 is 3.10 bits per heavy atom. The van der Waals surface area contributed by atoms with Gasteiger partial charge in [0.05, 0.1) is 11.9 Å². The van der Waals surface area contributed by atoms with E-state index in [0.717, 1.165) is 16.9 Å². The van der Waals surface area contributed by atoms with Gasteiger partial charge in [-0.2, -0.15) is 10.4 Å². The van der Waals surface area contributed by atoms with Gasteiger partial charge in [0, 0.05) is 24.8 Å². The molecule has 2 aromatic heterocycles. The van der Waals surface area contributed by atoms with Crippen LogP contribution in [0.1, 0.15) is 20.8 Å². The van der Waals surface area contributed by atoms with Gasteiger partial charge >= 0.3 is 0 Å². The van der Waals surface area contributed by atoms with Crippen LogP contribution in [0.25, 0.3) is 0 Å². The van der Waals surface area contributed by atoms with Crippen molar-refractivity contribution in [1.82, 2.24) is 15.5 Å². The molecule has 7 nitrogen and oxygen atoms in total. The third-order valence-electron chi connectivity index (χ3n) is 2.68. The van der Waals surface area contributed by atoms with Crippen LogP contribution in [0.5, 0.6) is 0 Å². The zero-order valence-corrected chi connectivity index (χ0v) is 12.0. The number of anilines is 2. The van der Waals surface area contributed by atoms with E-state index in [1.165, 1.54) is 0 Å². The summed E-state index contributed by atoms with van der Waals surface area (Å²) in [4.78, 5) is 12.3. The normalized spacial score (nSPS) is 9.86. The molecular formula is C13H14N6OS. The molecule has 8 heteroatoms. The highest BCUT2D eigenvalue weighted by atomic mass is 32.1. The van der Waals surface area contributed by atoms with Crippen molar-refractivity contribution in [2.45, 2.75) is 6.54 Å². The Hall–Kier alpha value is -2.79. The van der Waals surface area contributed by atoms with Gasteiger partial charge in [0.25, 0.3) is 5.91 Å². The molecule has 0 atom stereocenters. The minimum atomic E-state index is -0.315. The SMILES string of the molecule is C=CCNC(=O)c1sc(NCc2cn[nH]c2)c(C#N)c1N. The third-order valence-corrected chi connectivity index (χ3v) is 3.84. The van der Waals surface area contributed by atoms with Crippen LogP contribution < -0.4 is 16.4 Å². The number of nitrogens with one attached hydrogen (secondary N) is 3. The fourth-order valence-electron chi connectivity index (χ4n) is 1.65. The van der Waals surface area contributed by atoms with Gasteiger partial charge in [-0.3, -0.25) is 9.89 Å². The summed E-state index contributed by atoms with van der Waals surface area (Å²) in [6.45, 7) is 4.36. The predicted octanol–water partition coefficient (Wildman–Crippen LogP) is 1.45. The highest BCUT2D eigenvalue weighted by Crippen LogP contribution is 2.35. The first-order valence-electron chi connectivity index (χ1n) is 6.10. The fourth-order valence-corrected chi connectivity index (χ4v) is 2.63. The molecule has 0 spiro atoms. The number of H-pyrrole nitrogens is 1. The molecule has 2 heterocycles. The number of nitriles is 1. The Morgan fingerprint density at radius 1 is 1.67 bits per heavy atom. The lowest BCUT2D eigenvalue weighted by Gasteiger charge is -2.01. The average molecular weight is 302 g/mol. The van der Waals surface area contributed by atoms with Crippen molar-refractivity contribution in [3.63, 3.8) is 0 Å². The summed E-state index contributed by atoms with van der Waals surface area (Å²) in [5.74, 6) is -0.315. The Labute approximate surface area is 125 Å². The van der Waals surface area contributed by atoms with E-state index in [9.17, 15) is 10.1 Å². The largest absolute Gasteiger partial charge is 0.396 e. The lowest BCUT2D eigenvalue weighted by Crippen LogP contribution is -2.23. The van der Waals surface area contributed by atoms with Gasteiger partial charge < -0.3 is 16.4 Å². The standard InChI is InChI=1S/C13H14N6OS/c1-2-3-16-12(20)11-10(15)9(4-14)13(21-11)17-5-8-6-18-19-7-8/h2,6-7,17H,1,3,5,15H2,(H,16,20)(H,18,19). The molecule has 0 unspecified atom stereocenters. The van der Waals surface area contributed by atoms with Gasteiger partial charge in [0.2, 0.25) is 0 Å². The second kappa shape index (κ2) is 6.58. The van der Waals surface area contributed by atoms with Crippen molar-refractivity contribution < 1.29 is 4.79 Å². The molecule has 0 aliphatic heterocycles. The number of hydrogen-bond donors (Lipinski definition) is 4. The second-order valence-corrected chi connectivity index (χ2v) is 5.14. The van der Waals surface area contributed by atoms with Crippen molar-refractivity contribution in [3.8, 4) is 6.07 Å². The molecule has 0 aromatic carbocycles. The van der Waals surface area contributed by atoms with Gasteiger partial charge in [0.15, 0.2) is 0 Å². The maximum Gasteiger partial charge on any atom is 0.263 e. The van der Waals surface area contributed by atoms with E-state index < -0.39 is 0 Å². The molecule has 108 valence electrons.